The molecule has 0 saturated carbocycles. The zero-order chi connectivity index (χ0) is 11.0. The molecule has 0 aromatic carbocycles. The molecule has 0 atom stereocenters. The van der Waals surface area contributed by atoms with Crippen molar-refractivity contribution in [2.45, 2.75) is 6.42 Å². The molecule has 0 fully saturated rings. The SMILES string of the molecule is Nc1nc(N)c2c(n1)NC=C(C(=O)O)C2. The summed E-state index contributed by atoms with van der Waals surface area (Å²) in [6.07, 6.45) is 1.57. The third-order valence-corrected chi connectivity index (χ3v) is 2.08. The number of nitrogen functional groups attached to an aromatic ring is 2. The Balaban J connectivity index is 2.44. The number of nitrogens with two attached hydrogens (primary N) is 2. The number of hydrogen-bond acceptors (Lipinski definition) is 6. The van der Waals surface area contributed by atoms with E-state index in [0.717, 1.165) is 0 Å². The molecule has 1 aromatic rings. The molecule has 1 aliphatic rings. The summed E-state index contributed by atoms with van der Waals surface area (Å²) in [7, 11) is 0. The summed E-state index contributed by atoms with van der Waals surface area (Å²) in [4.78, 5) is 18.4. The maximum Gasteiger partial charge on any atom is 0.333 e. The van der Waals surface area contributed by atoms with Crippen LogP contribution in [0.3, 0.4) is 0 Å². The topological polar surface area (TPSA) is 127 Å². The van der Waals surface area contributed by atoms with Gasteiger partial charge in [-0.3, -0.25) is 0 Å². The molecule has 15 heavy (non-hydrogen) atoms. The second-order valence-electron chi connectivity index (χ2n) is 3.09. The summed E-state index contributed by atoms with van der Waals surface area (Å²) < 4.78 is 0. The number of nitrogens with one attached hydrogen (secondary N) is 1. The average Bonchev–Trinajstić information content (AvgIpc) is 2.16. The Labute approximate surface area is 84.8 Å². The lowest BCUT2D eigenvalue weighted by Gasteiger charge is -2.16. The monoisotopic (exact) mass is 207 g/mol. The molecule has 0 amide bonds. The van der Waals surface area contributed by atoms with E-state index >= 15 is 0 Å². The maximum atomic E-state index is 10.7. The van der Waals surface area contributed by atoms with Crippen molar-refractivity contribution in [3.63, 3.8) is 0 Å². The molecule has 7 heteroatoms. The first kappa shape index (κ1) is 9.25. The van der Waals surface area contributed by atoms with Crippen LogP contribution in [0.4, 0.5) is 17.6 Å². The lowest BCUT2D eigenvalue weighted by molar-refractivity contribution is -0.132. The van der Waals surface area contributed by atoms with E-state index in [0.29, 0.717) is 11.4 Å². The average molecular weight is 207 g/mol. The summed E-state index contributed by atoms with van der Waals surface area (Å²) >= 11 is 0. The van der Waals surface area contributed by atoms with Crippen LogP contribution in [0.2, 0.25) is 0 Å². The van der Waals surface area contributed by atoms with Crippen molar-refractivity contribution in [3.05, 3.63) is 17.3 Å². The van der Waals surface area contributed by atoms with Crippen LogP contribution in [0.15, 0.2) is 11.8 Å². The van der Waals surface area contributed by atoms with Crippen molar-refractivity contribution in [1.82, 2.24) is 9.97 Å². The Hall–Kier alpha value is -2.31. The maximum absolute atomic E-state index is 10.7. The van der Waals surface area contributed by atoms with Gasteiger partial charge < -0.3 is 21.9 Å². The Morgan fingerprint density at radius 3 is 2.87 bits per heavy atom. The predicted molar refractivity (Wildman–Crippen MR) is 53.9 cm³/mol. The van der Waals surface area contributed by atoms with Crippen molar-refractivity contribution in [2.24, 2.45) is 0 Å². The minimum atomic E-state index is -0.996. The molecule has 78 valence electrons. The van der Waals surface area contributed by atoms with E-state index < -0.39 is 5.97 Å². The Bertz CT molecular complexity index is 468. The van der Waals surface area contributed by atoms with E-state index in [1.54, 1.807) is 0 Å². The smallest absolute Gasteiger partial charge is 0.333 e. The van der Waals surface area contributed by atoms with Gasteiger partial charge in [-0.15, -0.1) is 0 Å². The number of aliphatic carboxylic acids is 1. The molecule has 1 aliphatic heterocycles. The third-order valence-electron chi connectivity index (χ3n) is 2.08. The molecule has 0 radical (unpaired) electrons. The number of nitrogens with zero attached hydrogens (tertiary/aromatic N) is 2. The van der Waals surface area contributed by atoms with Crippen LogP contribution < -0.4 is 16.8 Å². The summed E-state index contributed by atoms with van der Waals surface area (Å²) in [6.45, 7) is 0. The molecule has 7 nitrogen and oxygen atoms in total. The summed E-state index contributed by atoms with van der Waals surface area (Å²) in [6, 6.07) is 0. The molecular formula is C8H9N5O2. The van der Waals surface area contributed by atoms with E-state index in [1.807, 2.05) is 0 Å². The highest BCUT2D eigenvalue weighted by Crippen LogP contribution is 2.26. The van der Waals surface area contributed by atoms with E-state index in [-0.39, 0.29) is 23.8 Å². The van der Waals surface area contributed by atoms with Gasteiger partial charge in [0.15, 0.2) is 0 Å². The Morgan fingerprint density at radius 2 is 2.20 bits per heavy atom. The fourth-order valence-corrected chi connectivity index (χ4v) is 1.35. The first-order valence-electron chi connectivity index (χ1n) is 4.18. The van der Waals surface area contributed by atoms with Gasteiger partial charge in [-0.2, -0.15) is 9.97 Å². The van der Waals surface area contributed by atoms with Crippen molar-refractivity contribution < 1.29 is 9.90 Å². The van der Waals surface area contributed by atoms with Crippen LogP contribution in [0.25, 0.3) is 0 Å². The molecule has 0 aliphatic carbocycles. The minimum absolute atomic E-state index is 0.0610. The van der Waals surface area contributed by atoms with Crippen LogP contribution in [0, 0.1) is 0 Å². The van der Waals surface area contributed by atoms with Crippen LogP contribution in [-0.2, 0) is 11.2 Å². The summed E-state index contributed by atoms with van der Waals surface area (Å²) in [5.74, 6) is -0.267. The van der Waals surface area contributed by atoms with Gasteiger partial charge in [0.25, 0.3) is 0 Å². The molecule has 6 N–H and O–H groups in total. The highest BCUT2D eigenvalue weighted by Gasteiger charge is 2.20. The highest BCUT2D eigenvalue weighted by molar-refractivity contribution is 5.89. The van der Waals surface area contributed by atoms with Crippen LogP contribution >= 0.6 is 0 Å². The van der Waals surface area contributed by atoms with E-state index in [1.165, 1.54) is 6.20 Å². The van der Waals surface area contributed by atoms with Gasteiger partial charge >= 0.3 is 5.97 Å². The second kappa shape index (κ2) is 3.12. The third kappa shape index (κ3) is 1.54. The van der Waals surface area contributed by atoms with Crippen LogP contribution in [0.5, 0.6) is 0 Å². The normalized spacial score (nSPS) is 13.7. The van der Waals surface area contributed by atoms with E-state index in [4.69, 9.17) is 16.6 Å². The molecule has 2 heterocycles. The van der Waals surface area contributed by atoms with Crippen molar-refractivity contribution >= 4 is 23.6 Å². The van der Waals surface area contributed by atoms with Crippen molar-refractivity contribution in [3.8, 4) is 0 Å². The first-order chi connectivity index (χ1) is 7.08. The van der Waals surface area contributed by atoms with Crippen LogP contribution in [0.1, 0.15) is 5.56 Å². The van der Waals surface area contributed by atoms with Gasteiger partial charge in [-0.1, -0.05) is 0 Å². The van der Waals surface area contributed by atoms with Gasteiger partial charge in [0.05, 0.1) is 5.57 Å². The molecule has 0 spiro atoms. The standard InChI is InChI=1S/C8H9N5O2/c9-5-4-1-3(7(14)15)2-11-6(4)13-8(10)12-5/h2H,1H2,(H,14,15)(H5,9,10,11,12,13). The number of aromatic nitrogens is 2. The van der Waals surface area contributed by atoms with Gasteiger partial charge in [0.2, 0.25) is 5.95 Å². The lowest BCUT2D eigenvalue weighted by Crippen LogP contribution is -2.17. The van der Waals surface area contributed by atoms with Gasteiger partial charge in [-0.05, 0) is 0 Å². The van der Waals surface area contributed by atoms with E-state index in [2.05, 4.69) is 15.3 Å². The van der Waals surface area contributed by atoms with Gasteiger partial charge in [0.1, 0.15) is 11.6 Å². The molecule has 1 aromatic heterocycles. The van der Waals surface area contributed by atoms with Crippen LogP contribution in [-0.4, -0.2) is 21.0 Å². The lowest BCUT2D eigenvalue weighted by atomic mass is 10.0. The zero-order valence-corrected chi connectivity index (χ0v) is 7.69. The number of anilines is 3. The van der Waals surface area contributed by atoms with Gasteiger partial charge in [0, 0.05) is 18.2 Å². The number of fused-ring (bicyclic) bond motifs is 1. The summed E-state index contributed by atoms with van der Waals surface area (Å²) in [5.41, 5.74) is 11.8. The molecule has 0 unspecified atom stereocenters. The minimum Gasteiger partial charge on any atom is -0.478 e. The Kier molecular flexibility index (Phi) is 1.93. The number of carboxylic acids is 1. The largest absolute Gasteiger partial charge is 0.478 e. The molecule has 0 saturated heterocycles. The highest BCUT2D eigenvalue weighted by atomic mass is 16.4. The second-order valence-corrected chi connectivity index (χ2v) is 3.09. The predicted octanol–water partition coefficient (Wildman–Crippen LogP) is -0.423. The fourth-order valence-electron chi connectivity index (χ4n) is 1.35. The number of carboxylic acid groups (broad SMARTS) is 1. The van der Waals surface area contributed by atoms with E-state index in [9.17, 15) is 4.79 Å². The quantitative estimate of drug-likeness (QED) is 0.492. The Morgan fingerprint density at radius 1 is 1.47 bits per heavy atom. The number of rotatable bonds is 1. The first-order valence-corrected chi connectivity index (χ1v) is 4.18. The molecular weight excluding hydrogens is 198 g/mol. The fraction of sp³-hybridized carbons (Fsp3) is 0.125. The summed E-state index contributed by atoms with van der Waals surface area (Å²) in [5, 5.41) is 11.5. The number of carbonyl (C=O) groups is 1. The zero-order valence-electron chi connectivity index (χ0n) is 7.69. The molecule has 2 rings (SSSR count). The van der Waals surface area contributed by atoms with Gasteiger partial charge in [-0.25, -0.2) is 4.79 Å². The van der Waals surface area contributed by atoms with Crippen molar-refractivity contribution in [2.75, 3.05) is 16.8 Å². The number of hydrogen-bond donors (Lipinski definition) is 4. The molecule has 0 bridgehead atoms. The van der Waals surface area contributed by atoms with Crippen molar-refractivity contribution in [1.29, 1.82) is 0 Å².